The van der Waals surface area contributed by atoms with Crippen molar-refractivity contribution in [3.8, 4) is 0 Å². The van der Waals surface area contributed by atoms with Crippen molar-refractivity contribution in [2.75, 3.05) is 39.3 Å². The number of hydrogen-bond donors (Lipinski definition) is 4. The molecular formula is C17H34Br4N4. The number of hydrogen-bond acceptors (Lipinski definition) is 4. The zero-order valence-corrected chi connectivity index (χ0v) is 21.5. The molecule has 150 valence electrons. The van der Waals surface area contributed by atoms with E-state index in [1.54, 1.807) is 0 Å². The first-order valence-corrected chi connectivity index (χ1v) is 8.28. The summed E-state index contributed by atoms with van der Waals surface area (Å²) in [6, 6.07) is 8.75. The van der Waals surface area contributed by atoms with E-state index in [2.05, 4.69) is 40.2 Å². The van der Waals surface area contributed by atoms with E-state index in [1.807, 2.05) is 0 Å². The summed E-state index contributed by atoms with van der Waals surface area (Å²) in [6.45, 7) is 7.26. The highest BCUT2D eigenvalue weighted by Crippen LogP contribution is 2.10. The van der Waals surface area contributed by atoms with Gasteiger partial charge in [0, 0.05) is 6.54 Å². The maximum Gasteiger partial charge on any atom is 0.0178 e. The molecule has 0 atom stereocenters. The first-order chi connectivity index (χ1) is 10.4. The van der Waals surface area contributed by atoms with Crippen LogP contribution in [0.5, 0.6) is 0 Å². The van der Waals surface area contributed by atoms with Gasteiger partial charge in [0.15, 0.2) is 0 Å². The van der Waals surface area contributed by atoms with Gasteiger partial charge in [-0.3, -0.25) is 0 Å². The van der Waals surface area contributed by atoms with Crippen LogP contribution in [0, 0.1) is 5.92 Å². The Labute approximate surface area is 194 Å². The second-order valence-electron chi connectivity index (χ2n) is 5.96. The maximum atomic E-state index is 5.66. The summed E-state index contributed by atoms with van der Waals surface area (Å²) in [6.07, 6.45) is 3.56. The van der Waals surface area contributed by atoms with Crippen molar-refractivity contribution < 1.29 is 0 Å². The molecule has 1 aliphatic heterocycles. The Hall–Kier alpha value is 0.980. The van der Waals surface area contributed by atoms with E-state index in [1.165, 1.54) is 24.0 Å². The first kappa shape index (κ1) is 30.7. The topological polar surface area (TPSA) is 62.1 Å². The fraction of sp³-hybridized carbons (Fsp3) is 0.647. The fourth-order valence-corrected chi connectivity index (χ4v) is 2.78. The molecule has 0 radical (unpaired) electrons. The molecular weight excluding hydrogens is 580 g/mol. The van der Waals surface area contributed by atoms with Crippen molar-refractivity contribution in [2.45, 2.75) is 25.8 Å². The van der Waals surface area contributed by atoms with Gasteiger partial charge in [0.05, 0.1) is 0 Å². The van der Waals surface area contributed by atoms with E-state index >= 15 is 0 Å². The largest absolute Gasteiger partial charge is 0.326 e. The third-order valence-corrected chi connectivity index (χ3v) is 4.06. The van der Waals surface area contributed by atoms with Gasteiger partial charge in [0.2, 0.25) is 0 Å². The molecule has 5 N–H and O–H groups in total. The van der Waals surface area contributed by atoms with Crippen LogP contribution in [-0.2, 0) is 13.0 Å². The summed E-state index contributed by atoms with van der Waals surface area (Å²) < 4.78 is 0. The highest BCUT2D eigenvalue weighted by Gasteiger charge is 2.10. The van der Waals surface area contributed by atoms with Crippen molar-refractivity contribution in [1.29, 1.82) is 0 Å². The Morgan fingerprint density at radius 3 is 1.64 bits per heavy atom. The second-order valence-corrected chi connectivity index (χ2v) is 5.96. The Balaban J connectivity index is -0.00000121. The molecule has 1 fully saturated rings. The normalized spacial score (nSPS) is 16.5. The molecule has 0 aromatic heterocycles. The second kappa shape index (κ2) is 19.7. The van der Waals surface area contributed by atoms with Gasteiger partial charge in [-0.25, -0.2) is 0 Å². The van der Waals surface area contributed by atoms with Crippen LogP contribution < -0.4 is 21.7 Å². The molecule has 1 aromatic carbocycles. The lowest BCUT2D eigenvalue weighted by Gasteiger charge is -2.20. The molecule has 1 saturated heterocycles. The predicted molar refractivity (Wildman–Crippen MR) is 131 cm³/mol. The molecule has 1 aliphatic rings. The molecule has 0 amide bonds. The minimum absolute atomic E-state index is 0. The molecule has 1 heterocycles. The Kier molecular flexibility index (Phi) is 24.2. The predicted octanol–water partition coefficient (Wildman–Crippen LogP) is 3.18. The summed E-state index contributed by atoms with van der Waals surface area (Å²) in [5.74, 6) is 0.654. The van der Waals surface area contributed by atoms with Gasteiger partial charge in [-0.2, -0.15) is 0 Å². The van der Waals surface area contributed by atoms with Crippen LogP contribution in [-0.4, -0.2) is 39.3 Å². The van der Waals surface area contributed by atoms with Gasteiger partial charge in [-0.1, -0.05) is 24.3 Å². The average Bonchev–Trinajstić information content (AvgIpc) is 2.51. The molecule has 0 unspecified atom stereocenters. The highest BCUT2D eigenvalue weighted by atomic mass is 79.9. The van der Waals surface area contributed by atoms with Crippen molar-refractivity contribution >= 4 is 67.9 Å². The maximum absolute atomic E-state index is 5.66. The average molecular weight is 614 g/mol. The Morgan fingerprint density at radius 2 is 1.16 bits per heavy atom. The summed E-state index contributed by atoms with van der Waals surface area (Å²) in [5.41, 5.74) is 8.28. The van der Waals surface area contributed by atoms with E-state index in [0.29, 0.717) is 12.5 Å². The van der Waals surface area contributed by atoms with Crippen molar-refractivity contribution in [3.63, 3.8) is 0 Å². The van der Waals surface area contributed by atoms with Gasteiger partial charge in [-0.05, 0) is 75.6 Å². The number of nitrogens with one attached hydrogen (secondary N) is 3. The third kappa shape index (κ3) is 13.7. The molecule has 0 saturated carbocycles. The number of halogens is 4. The van der Waals surface area contributed by atoms with Crippen LogP contribution in [0.2, 0.25) is 0 Å². The van der Waals surface area contributed by atoms with Gasteiger partial charge >= 0.3 is 0 Å². The smallest absolute Gasteiger partial charge is 0.0178 e. The van der Waals surface area contributed by atoms with Crippen LogP contribution in [0.3, 0.4) is 0 Å². The van der Waals surface area contributed by atoms with Gasteiger partial charge in [0.1, 0.15) is 0 Å². The molecule has 4 nitrogen and oxygen atoms in total. The van der Waals surface area contributed by atoms with Gasteiger partial charge < -0.3 is 21.7 Å². The molecule has 0 aliphatic carbocycles. The van der Waals surface area contributed by atoms with Crippen LogP contribution in [0.25, 0.3) is 0 Å². The third-order valence-electron chi connectivity index (χ3n) is 4.06. The summed E-state index contributed by atoms with van der Waals surface area (Å²) in [4.78, 5) is 0. The van der Waals surface area contributed by atoms with E-state index < -0.39 is 0 Å². The highest BCUT2D eigenvalue weighted by molar-refractivity contribution is 8.93. The lowest BCUT2D eigenvalue weighted by atomic mass is 9.98. The Morgan fingerprint density at radius 1 is 0.720 bits per heavy atom. The summed E-state index contributed by atoms with van der Waals surface area (Å²) in [7, 11) is 0. The SMILES string of the molecule is Br.Br.Br.Br.NCc1ccc(CC2CNCCCNCCCNC2)cc1. The molecule has 2 rings (SSSR count). The molecule has 0 spiro atoms. The van der Waals surface area contributed by atoms with E-state index in [-0.39, 0.29) is 67.9 Å². The van der Waals surface area contributed by atoms with Gasteiger partial charge in [0.25, 0.3) is 0 Å². The number of rotatable bonds is 3. The van der Waals surface area contributed by atoms with E-state index in [9.17, 15) is 0 Å². The summed E-state index contributed by atoms with van der Waals surface area (Å²) in [5, 5.41) is 10.7. The standard InChI is InChI=1S/C17H30N4.4BrH/c18-12-16-5-3-15(4-6-16)11-17-13-20-9-1-7-19-8-2-10-21-14-17;;;;/h3-6,17,19-21H,1-2,7-14,18H2;4*1H. The first-order valence-electron chi connectivity index (χ1n) is 8.28. The molecule has 8 heteroatoms. The lowest BCUT2D eigenvalue weighted by molar-refractivity contribution is 0.424. The van der Waals surface area contributed by atoms with Crippen LogP contribution in [0.1, 0.15) is 24.0 Å². The molecule has 0 bridgehead atoms. The van der Waals surface area contributed by atoms with Crippen LogP contribution in [0.15, 0.2) is 24.3 Å². The van der Waals surface area contributed by atoms with E-state index in [0.717, 1.165) is 45.7 Å². The number of nitrogens with two attached hydrogens (primary N) is 1. The molecule has 25 heavy (non-hydrogen) atoms. The monoisotopic (exact) mass is 610 g/mol. The minimum atomic E-state index is 0. The quantitative estimate of drug-likeness (QED) is 0.423. The van der Waals surface area contributed by atoms with Crippen molar-refractivity contribution in [1.82, 2.24) is 16.0 Å². The molecule has 1 aromatic rings. The van der Waals surface area contributed by atoms with Crippen molar-refractivity contribution in [2.24, 2.45) is 11.7 Å². The minimum Gasteiger partial charge on any atom is -0.326 e. The van der Waals surface area contributed by atoms with Crippen LogP contribution >= 0.6 is 67.9 Å². The zero-order chi connectivity index (χ0) is 14.8. The fourth-order valence-electron chi connectivity index (χ4n) is 2.78. The van der Waals surface area contributed by atoms with E-state index in [4.69, 9.17) is 5.73 Å². The van der Waals surface area contributed by atoms with Gasteiger partial charge in [-0.15, -0.1) is 67.9 Å². The summed E-state index contributed by atoms with van der Waals surface area (Å²) >= 11 is 0. The van der Waals surface area contributed by atoms with Crippen LogP contribution in [0.4, 0.5) is 0 Å². The Bertz CT molecular complexity index is 381. The zero-order valence-electron chi connectivity index (χ0n) is 14.7. The lowest BCUT2D eigenvalue weighted by Crippen LogP contribution is -2.36. The van der Waals surface area contributed by atoms with Crippen molar-refractivity contribution in [3.05, 3.63) is 35.4 Å². The number of benzene rings is 1.